The molecule has 2 saturated heterocycles. The van der Waals surface area contributed by atoms with E-state index in [1.807, 2.05) is 0 Å². The average molecular weight is 417 g/mol. The van der Waals surface area contributed by atoms with Crippen LogP contribution in [0, 0.1) is 0 Å². The predicted octanol–water partition coefficient (Wildman–Crippen LogP) is 2.46. The monoisotopic (exact) mass is 416 g/mol. The minimum atomic E-state index is -3.18. The Morgan fingerprint density at radius 2 is 1.78 bits per heavy atom. The molecule has 8 heteroatoms. The third-order valence-corrected chi connectivity index (χ3v) is 6.29. The maximum absolute atomic E-state index is 12.1. The van der Waals surface area contributed by atoms with Gasteiger partial charge in [0.2, 0.25) is 5.91 Å². The van der Waals surface area contributed by atoms with E-state index in [9.17, 15) is 13.2 Å². The standard InChI is InChI=1S/C19H28N2O4S.ClH/c1-26(23,24)18-9-7-17(8-10-18)25-11-3-2-4-19(22)21-16-12-14-5-6-15(13-16)20-14;/h7-10,14-16,20H,2-6,11-13H2,1H3,(H,21,22);1H. The summed E-state index contributed by atoms with van der Waals surface area (Å²) >= 11 is 0. The molecular weight excluding hydrogens is 388 g/mol. The van der Waals surface area contributed by atoms with Crippen LogP contribution in [-0.2, 0) is 14.6 Å². The summed E-state index contributed by atoms with van der Waals surface area (Å²) in [6, 6.07) is 7.91. The van der Waals surface area contributed by atoms with E-state index < -0.39 is 9.84 Å². The molecule has 0 spiro atoms. The Morgan fingerprint density at radius 3 is 2.37 bits per heavy atom. The van der Waals surface area contributed by atoms with Crippen LogP contribution in [0.1, 0.15) is 44.9 Å². The molecule has 3 rings (SSSR count). The van der Waals surface area contributed by atoms with Gasteiger partial charge in [-0.2, -0.15) is 0 Å². The molecule has 2 N–H and O–H groups in total. The van der Waals surface area contributed by atoms with Crippen LogP contribution < -0.4 is 15.4 Å². The molecule has 2 fully saturated rings. The number of sulfone groups is 1. The molecule has 1 amide bonds. The fraction of sp³-hybridized carbons (Fsp3) is 0.632. The van der Waals surface area contributed by atoms with Gasteiger partial charge >= 0.3 is 0 Å². The maximum atomic E-state index is 12.1. The van der Waals surface area contributed by atoms with Crippen molar-refractivity contribution in [3.8, 4) is 5.75 Å². The summed E-state index contributed by atoms with van der Waals surface area (Å²) in [5.41, 5.74) is 0. The van der Waals surface area contributed by atoms with Crippen molar-refractivity contribution in [3.05, 3.63) is 24.3 Å². The van der Waals surface area contributed by atoms with E-state index in [0.29, 0.717) is 36.9 Å². The fourth-order valence-electron chi connectivity index (χ4n) is 3.84. The molecule has 152 valence electrons. The zero-order valence-electron chi connectivity index (χ0n) is 15.6. The van der Waals surface area contributed by atoms with E-state index in [0.717, 1.165) is 25.7 Å². The fourth-order valence-corrected chi connectivity index (χ4v) is 4.47. The Hall–Kier alpha value is -1.31. The third-order valence-electron chi connectivity index (χ3n) is 5.16. The Labute approximate surface area is 167 Å². The summed E-state index contributed by atoms with van der Waals surface area (Å²) in [7, 11) is -3.18. The normalized spacial score (nSPS) is 24.1. The lowest BCUT2D eigenvalue weighted by Gasteiger charge is -2.29. The van der Waals surface area contributed by atoms with E-state index in [1.165, 1.54) is 19.1 Å². The van der Waals surface area contributed by atoms with Crippen LogP contribution in [0.15, 0.2) is 29.2 Å². The topological polar surface area (TPSA) is 84.5 Å². The number of hydrogen-bond acceptors (Lipinski definition) is 5. The van der Waals surface area contributed by atoms with Crippen molar-refractivity contribution in [1.29, 1.82) is 0 Å². The van der Waals surface area contributed by atoms with E-state index in [-0.39, 0.29) is 23.2 Å². The molecule has 0 aromatic heterocycles. The predicted molar refractivity (Wildman–Crippen MR) is 107 cm³/mol. The zero-order chi connectivity index (χ0) is 18.6. The highest BCUT2D eigenvalue weighted by molar-refractivity contribution is 7.90. The second-order valence-electron chi connectivity index (χ2n) is 7.42. The Balaban J connectivity index is 0.00000261. The number of rotatable bonds is 8. The molecular formula is C19H29ClN2O4S. The van der Waals surface area contributed by atoms with Gasteiger partial charge in [0.25, 0.3) is 0 Å². The van der Waals surface area contributed by atoms with Gasteiger partial charge in [-0.25, -0.2) is 8.42 Å². The molecule has 0 saturated carbocycles. The van der Waals surface area contributed by atoms with Crippen molar-refractivity contribution in [2.75, 3.05) is 12.9 Å². The summed E-state index contributed by atoms with van der Waals surface area (Å²) in [4.78, 5) is 12.4. The van der Waals surface area contributed by atoms with E-state index in [4.69, 9.17) is 4.74 Å². The maximum Gasteiger partial charge on any atom is 0.220 e. The minimum absolute atomic E-state index is 0. The molecule has 0 aliphatic carbocycles. The molecule has 6 nitrogen and oxygen atoms in total. The van der Waals surface area contributed by atoms with E-state index in [2.05, 4.69) is 10.6 Å². The number of nitrogens with one attached hydrogen (secondary N) is 2. The highest BCUT2D eigenvalue weighted by atomic mass is 35.5. The van der Waals surface area contributed by atoms with Crippen LogP contribution in [0.25, 0.3) is 0 Å². The van der Waals surface area contributed by atoms with Crippen molar-refractivity contribution in [3.63, 3.8) is 0 Å². The number of hydrogen-bond donors (Lipinski definition) is 2. The van der Waals surface area contributed by atoms with Crippen LogP contribution in [0.5, 0.6) is 5.75 Å². The van der Waals surface area contributed by atoms with Crippen LogP contribution >= 0.6 is 12.4 Å². The molecule has 1 aromatic rings. The highest BCUT2D eigenvalue weighted by Crippen LogP contribution is 2.26. The third kappa shape index (κ3) is 6.66. The SMILES string of the molecule is CS(=O)(=O)c1ccc(OCCCCC(=O)NC2CC3CCC(C2)N3)cc1.Cl. The number of ether oxygens (including phenoxy) is 1. The second-order valence-corrected chi connectivity index (χ2v) is 9.44. The number of piperidine rings is 1. The van der Waals surface area contributed by atoms with Gasteiger partial charge in [-0.3, -0.25) is 4.79 Å². The largest absolute Gasteiger partial charge is 0.494 e. The first-order chi connectivity index (χ1) is 12.4. The summed E-state index contributed by atoms with van der Waals surface area (Å²) < 4.78 is 28.4. The number of amides is 1. The first-order valence-electron chi connectivity index (χ1n) is 9.38. The smallest absolute Gasteiger partial charge is 0.220 e. The van der Waals surface area contributed by atoms with Gasteiger partial charge in [0.05, 0.1) is 11.5 Å². The second kappa shape index (κ2) is 9.75. The van der Waals surface area contributed by atoms with Gasteiger partial charge in [0.15, 0.2) is 9.84 Å². The van der Waals surface area contributed by atoms with Crippen LogP contribution in [0.4, 0.5) is 0 Å². The Morgan fingerprint density at radius 1 is 1.15 bits per heavy atom. The highest BCUT2D eigenvalue weighted by Gasteiger charge is 2.33. The minimum Gasteiger partial charge on any atom is -0.494 e. The van der Waals surface area contributed by atoms with Crippen molar-refractivity contribution in [2.45, 2.75) is 68.0 Å². The van der Waals surface area contributed by atoms with E-state index >= 15 is 0 Å². The van der Waals surface area contributed by atoms with Gasteiger partial charge in [-0.05, 0) is 62.8 Å². The molecule has 2 atom stereocenters. The number of carbonyl (C=O) groups excluding carboxylic acids is 1. The number of unbranched alkanes of at least 4 members (excludes halogenated alkanes) is 1. The first-order valence-corrected chi connectivity index (χ1v) is 11.3. The molecule has 1 aromatic carbocycles. The number of carbonyl (C=O) groups is 1. The molecule has 2 bridgehead atoms. The first kappa shape index (κ1) is 22.0. The number of fused-ring (bicyclic) bond motifs is 2. The summed E-state index contributed by atoms with van der Waals surface area (Å²) in [6.45, 7) is 0.517. The molecule has 2 aliphatic heterocycles. The molecule has 2 heterocycles. The number of halogens is 1. The van der Waals surface area contributed by atoms with Gasteiger partial charge < -0.3 is 15.4 Å². The van der Waals surface area contributed by atoms with Crippen molar-refractivity contribution in [1.82, 2.24) is 10.6 Å². The Bertz CT molecular complexity index is 712. The zero-order valence-corrected chi connectivity index (χ0v) is 17.3. The average Bonchev–Trinajstić information content (AvgIpc) is 2.93. The lowest BCUT2D eigenvalue weighted by molar-refractivity contribution is -0.122. The van der Waals surface area contributed by atoms with Gasteiger partial charge in [-0.1, -0.05) is 0 Å². The van der Waals surface area contributed by atoms with Gasteiger partial charge in [-0.15, -0.1) is 12.4 Å². The lowest BCUT2D eigenvalue weighted by atomic mass is 9.99. The summed E-state index contributed by atoms with van der Waals surface area (Å²) in [5.74, 6) is 0.779. The summed E-state index contributed by atoms with van der Waals surface area (Å²) in [6.07, 6.45) is 7.85. The van der Waals surface area contributed by atoms with E-state index in [1.54, 1.807) is 24.3 Å². The number of benzene rings is 1. The van der Waals surface area contributed by atoms with Crippen molar-refractivity contribution >= 4 is 28.2 Å². The van der Waals surface area contributed by atoms with Crippen molar-refractivity contribution < 1.29 is 17.9 Å². The van der Waals surface area contributed by atoms with Gasteiger partial charge in [0, 0.05) is 30.8 Å². The van der Waals surface area contributed by atoms with Crippen molar-refractivity contribution in [2.24, 2.45) is 0 Å². The van der Waals surface area contributed by atoms with Crippen LogP contribution in [0.3, 0.4) is 0 Å². The van der Waals surface area contributed by atoms with Crippen LogP contribution in [-0.4, -0.2) is 45.3 Å². The van der Waals surface area contributed by atoms with Crippen LogP contribution in [0.2, 0.25) is 0 Å². The van der Waals surface area contributed by atoms with Gasteiger partial charge in [0.1, 0.15) is 5.75 Å². The summed E-state index contributed by atoms with van der Waals surface area (Å²) in [5, 5.41) is 6.75. The Kier molecular flexibility index (Phi) is 7.94. The quantitative estimate of drug-likeness (QED) is 0.636. The molecule has 2 aliphatic rings. The molecule has 2 unspecified atom stereocenters. The molecule has 0 radical (unpaired) electrons. The molecule has 27 heavy (non-hydrogen) atoms. The lowest BCUT2D eigenvalue weighted by Crippen LogP contribution is -2.47.